The molecule has 5 heteroatoms. The summed E-state index contributed by atoms with van der Waals surface area (Å²) >= 11 is 0. The van der Waals surface area contributed by atoms with E-state index in [1.165, 1.54) is 0 Å². The Labute approximate surface area is 117 Å². The molecular weight excluding hydrogens is 256 g/mol. The summed E-state index contributed by atoms with van der Waals surface area (Å²) in [7, 11) is 0. The van der Waals surface area contributed by atoms with Crippen LogP contribution in [0.15, 0.2) is 36.4 Å². The molecule has 5 nitrogen and oxygen atoms in total. The van der Waals surface area contributed by atoms with Gasteiger partial charge in [0.05, 0.1) is 18.0 Å². The molecule has 1 atom stereocenters. The zero-order valence-corrected chi connectivity index (χ0v) is 11.3. The highest BCUT2D eigenvalue weighted by molar-refractivity contribution is 6.21. The summed E-state index contributed by atoms with van der Waals surface area (Å²) < 4.78 is 5.13. The number of esters is 1. The molecule has 1 N–H and O–H groups in total. The normalized spacial score (nSPS) is 23.6. The highest BCUT2D eigenvalue weighted by Gasteiger charge is 2.54. The second kappa shape index (κ2) is 4.67. The van der Waals surface area contributed by atoms with E-state index in [0.29, 0.717) is 6.54 Å². The van der Waals surface area contributed by atoms with Gasteiger partial charge in [-0.25, -0.2) is 4.79 Å². The Morgan fingerprint density at radius 1 is 1.45 bits per heavy atom. The van der Waals surface area contributed by atoms with Crippen LogP contribution in [0, 0.1) is 0 Å². The Kier molecular flexibility index (Phi) is 2.97. The second-order valence-electron chi connectivity index (χ2n) is 4.80. The molecule has 3 rings (SSSR count). The SMILES string of the molecule is CCOC(=O)C12C=CCCN1c1ccccc1NC2=O. The molecule has 2 aliphatic heterocycles. The van der Waals surface area contributed by atoms with E-state index < -0.39 is 11.5 Å². The Morgan fingerprint density at radius 2 is 2.25 bits per heavy atom. The molecule has 20 heavy (non-hydrogen) atoms. The minimum Gasteiger partial charge on any atom is -0.464 e. The lowest BCUT2D eigenvalue weighted by Gasteiger charge is -2.45. The number of nitrogens with one attached hydrogen (secondary N) is 1. The van der Waals surface area contributed by atoms with Crippen LogP contribution >= 0.6 is 0 Å². The van der Waals surface area contributed by atoms with Crippen LogP contribution < -0.4 is 10.2 Å². The molecule has 1 aromatic rings. The molecule has 0 saturated heterocycles. The number of benzene rings is 1. The number of nitrogens with zero attached hydrogens (tertiary/aromatic N) is 1. The number of rotatable bonds is 2. The summed E-state index contributed by atoms with van der Waals surface area (Å²) in [6.07, 6.45) is 4.31. The van der Waals surface area contributed by atoms with Gasteiger partial charge in [-0.05, 0) is 31.6 Å². The largest absolute Gasteiger partial charge is 0.464 e. The van der Waals surface area contributed by atoms with Gasteiger partial charge in [-0.1, -0.05) is 18.2 Å². The number of carbonyl (C=O) groups is 2. The van der Waals surface area contributed by atoms with Gasteiger partial charge >= 0.3 is 5.97 Å². The van der Waals surface area contributed by atoms with Crippen LogP contribution in [0.25, 0.3) is 0 Å². The lowest BCUT2D eigenvalue weighted by Crippen LogP contribution is -2.65. The molecule has 2 aliphatic rings. The minimum absolute atomic E-state index is 0.247. The number of ether oxygens (including phenoxy) is 1. The number of amides is 1. The minimum atomic E-state index is -1.37. The third-order valence-corrected chi connectivity index (χ3v) is 3.68. The van der Waals surface area contributed by atoms with Crippen molar-refractivity contribution in [3.63, 3.8) is 0 Å². The molecule has 0 saturated carbocycles. The van der Waals surface area contributed by atoms with E-state index in [9.17, 15) is 9.59 Å². The van der Waals surface area contributed by atoms with Crippen LogP contribution in [-0.4, -0.2) is 30.6 Å². The molecule has 0 fully saturated rings. The maximum absolute atomic E-state index is 12.5. The lowest BCUT2D eigenvalue weighted by atomic mass is 9.88. The molecule has 104 valence electrons. The number of fused-ring (bicyclic) bond motifs is 3. The standard InChI is InChI=1S/C15H16N2O3/c1-2-20-14(19)15-9-5-6-10-17(15)12-8-4-3-7-11(12)16-13(15)18/h3-5,7-9H,2,6,10H2,1H3,(H,16,18). The average molecular weight is 272 g/mol. The van der Waals surface area contributed by atoms with Gasteiger partial charge in [-0.2, -0.15) is 0 Å². The summed E-state index contributed by atoms with van der Waals surface area (Å²) in [5.41, 5.74) is 0.208. The van der Waals surface area contributed by atoms with Crippen molar-refractivity contribution < 1.29 is 14.3 Å². The average Bonchev–Trinajstić information content (AvgIpc) is 2.47. The van der Waals surface area contributed by atoms with Crippen molar-refractivity contribution in [1.82, 2.24) is 0 Å². The van der Waals surface area contributed by atoms with Crippen LogP contribution in [0.2, 0.25) is 0 Å². The molecule has 0 aromatic heterocycles. The maximum atomic E-state index is 12.5. The predicted octanol–water partition coefficient (Wildman–Crippen LogP) is 1.71. The Morgan fingerprint density at radius 3 is 3.05 bits per heavy atom. The number of hydrogen-bond donors (Lipinski definition) is 1. The van der Waals surface area contributed by atoms with E-state index in [-0.39, 0.29) is 12.5 Å². The molecule has 0 aliphatic carbocycles. The third kappa shape index (κ3) is 1.62. The van der Waals surface area contributed by atoms with E-state index in [1.54, 1.807) is 13.0 Å². The van der Waals surface area contributed by atoms with E-state index in [2.05, 4.69) is 5.32 Å². The molecule has 1 unspecified atom stereocenters. The van der Waals surface area contributed by atoms with Gasteiger partial charge in [0.25, 0.3) is 5.91 Å². The van der Waals surface area contributed by atoms with Gasteiger partial charge in [-0.3, -0.25) is 4.79 Å². The maximum Gasteiger partial charge on any atom is 0.346 e. The number of hydrogen-bond acceptors (Lipinski definition) is 4. The van der Waals surface area contributed by atoms with Crippen LogP contribution in [-0.2, 0) is 14.3 Å². The predicted molar refractivity (Wildman–Crippen MR) is 75.5 cm³/mol. The van der Waals surface area contributed by atoms with E-state index in [1.807, 2.05) is 35.2 Å². The molecule has 0 bridgehead atoms. The highest BCUT2D eigenvalue weighted by atomic mass is 16.5. The number of para-hydroxylation sites is 2. The fourth-order valence-electron chi connectivity index (χ4n) is 2.78. The van der Waals surface area contributed by atoms with E-state index >= 15 is 0 Å². The number of carbonyl (C=O) groups excluding carboxylic acids is 2. The molecule has 0 radical (unpaired) electrons. The first-order valence-electron chi connectivity index (χ1n) is 6.73. The molecule has 2 heterocycles. The first-order chi connectivity index (χ1) is 9.70. The number of anilines is 2. The highest BCUT2D eigenvalue weighted by Crippen LogP contribution is 2.40. The van der Waals surface area contributed by atoms with Crippen LogP contribution in [0.5, 0.6) is 0 Å². The van der Waals surface area contributed by atoms with Crippen molar-refractivity contribution in [2.75, 3.05) is 23.4 Å². The zero-order chi connectivity index (χ0) is 14.2. The van der Waals surface area contributed by atoms with Gasteiger partial charge in [0.2, 0.25) is 5.54 Å². The summed E-state index contributed by atoms with van der Waals surface area (Å²) in [5.74, 6) is -0.881. The van der Waals surface area contributed by atoms with E-state index in [0.717, 1.165) is 17.8 Å². The fraction of sp³-hybridized carbons (Fsp3) is 0.333. The second-order valence-corrected chi connectivity index (χ2v) is 4.80. The van der Waals surface area contributed by atoms with Gasteiger partial charge in [-0.15, -0.1) is 0 Å². The van der Waals surface area contributed by atoms with Gasteiger partial charge in [0.15, 0.2) is 0 Å². The quantitative estimate of drug-likeness (QED) is 0.506. The van der Waals surface area contributed by atoms with Crippen molar-refractivity contribution in [2.24, 2.45) is 0 Å². The van der Waals surface area contributed by atoms with Crippen molar-refractivity contribution >= 4 is 23.3 Å². The van der Waals surface area contributed by atoms with Crippen molar-refractivity contribution in [3.05, 3.63) is 36.4 Å². The smallest absolute Gasteiger partial charge is 0.346 e. The molecule has 1 amide bonds. The van der Waals surface area contributed by atoms with Gasteiger partial charge < -0.3 is 15.0 Å². The molecular formula is C15H16N2O3. The molecule has 1 aromatic carbocycles. The lowest BCUT2D eigenvalue weighted by molar-refractivity contribution is -0.151. The van der Waals surface area contributed by atoms with Crippen LogP contribution in [0.1, 0.15) is 13.3 Å². The summed E-state index contributed by atoms with van der Waals surface area (Å²) in [4.78, 5) is 26.8. The molecule has 0 spiro atoms. The van der Waals surface area contributed by atoms with Gasteiger partial charge in [0.1, 0.15) is 0 Å². The third-order valence-electron chi connectivity index (χ3n) is 3.68. The fourth-order valence-corrected chi connectivity index (χ4v) is 2.78. The van der Waals surface area contributed by atoms with E-state index in [4.69, 9.17) is 4.74 Å². The Balaban J connectivity index is 2.15. The summed E-state index contributed by atoms with van der Waals surface area (Å²) in [6, 6.07) is 7.49. The van der Waals surface area contributed by atoms with Crippen LogP contribution in [0.3, 0.4) is 0 Å². The Hall–Kier alpha value is -2.30. The van der Waals surface area contributed by atoms with Crippen molar-refractivity contribution in [3.8, 4) is 0 Å². The summed E-state index contributed by atoms with van der Waals surface area (Å²) in [6.45, 7) is 2.59. The first-order valence-corrected chi connectivity index (χ1v) is 6.73. The Bertz CT molecular complexity index is 597. The summed E-state index contributed by atoms with van der Waals surface area (Å²) in [5, 5.41) is 2.81. The first kappa shape index (κ1) is 12.7. The zero-order valence-electron chi connectivity index (χ0n) is 11.3. The van der Waals surface area contributed by atoms with Gasteiger partial charge in [0, 0.05) is 6.54 Å². The topological polar surface area (TPSA) is 58.6 Å². The van der Waals surface area contributed by atoms with Crippen molar-refractivity contribution in [2.45, 2.75) is 18.9 Å². The monoisotopic (exact) mass is 272 g/mol. The van der Waals surface area contributed by atoms with Crippen LogP contribution in [0.4, 0.5) is 11.4 Å². The van der Waals surface area contributed by atoms with Crippen molar-refractivity contribution in [1.29, 1.82) is 0 Å².